The van der Waals surface area contributed by atoms with Crippen molar-refractivity contribution in [3.8, 4) is 0 Å². The average Bonchev–Trinajstić information content (AvgIpc) is 1.88. The van der Waals surface area contributed by atoms with Crippen molar-refractivity contribution < 1.29 is 0 Å². The third-order valence-electron chi connectivity index (χ3n) is 1.39. The first-order valence-electron chi connectivity index (χ1n) is 3.14. The lowest BCUT2D eigenvalue weighted by Gasteiger charge is -2.02. The van der Waals surface area contributed by atoms with Crippen LogP contribution in [0.25, 0.3) is 0 Å². The van der Waals surface area contributed by atoms with Gasteiger partial charge in [-0.3, -0.25) is 4.98 Å². The molecular formula is C7H7BClN. The fourth-order valence-electron chi connectivity index (χ4n) is 0.834. The first-order chi connectivity index (χ1) is 4.75. The smallest absolute Gasteiger partial charge is 0.142 e. The molecule has 1 aromatic heterocycles. The zero-order valence-electron chi connectivity index (χ0n) is 5.76. The molecule has 50 valence electrons. The SMILES string of the molecule is [B]c1nccc(Cl)c1CC. The molecule has 0 saturated carbocycles. The van der Waals surface area contributed by atoms with Crippen molar-refractivity contribution in [3.05, 3.63) is 22.8 Å². The Balaban J connectivity index is 3.17. The Kier molecular flexibility index (Phi) is 2.33. The van der Waals surface area contributed by atoms with Gasteiger partial charge in [-0.15, -0.1) is 0 Å². The largest absolute Gasteiger partial charge is 0.272 e. The Hall–Kier alpha value is -0.495. The van der Waals surface area contributed by atoms with Gasteiger partial charge in [-0.05, 0) is 23.6 Å². The fraction of sp³-hybridized carbons (Fsp3) is 0.286. The van der Waals surface area contributed by atoms with E-state index in [9.17, 15) is 0 Å². The van der Waals surface area contributed by atoms with Crippen LogP contribution in [0.3, 0.4) is 0 Å². The molecule has 0 aliphatic rings. The van der Waals surface area contributed by atoms with Crippen molar-refractivity contribution in [2.75, 3.05) is 0 Å². The third-order valence-corrected chi connectivity index (χ3v) is 1.74. The molecule has 0 bridgehead atoms. The Labute approximate surface area is 66.8 Å². The molecule has 0 saturated heterocycles. The first kappa shape index (κ1) is 7.61. The van der Waals surface area contributed by atoms with Crippen molar-refractivity contribution in [1.82, 2.24) is 4.98 Å². The number of hydrogen-bond donors (Lipinski definition) is 0. The van der Waals surface area contributed by atoms with E-state index in [1.807, 2.05) is 6.92 Å². The number of aromatic nitrogens is 1. The van der Waals surface area contributed by atoms with Crippen LogP contribution in [0.1, 0.15) is 12.5 Å². The van der Waals surface area contributed by atoms with Crippen LogP contribution >= 0.6 is 11.6 Å². The number of rotatable bonds is 1. The normalized spacial score (nSPS) is 9.80. The van der Waals surface area contributed by atoms with Crippen LogP contribution in [-0.2, 0) is 6.42 Å². The maximum atomic E-state index is 5.81. The second-order valence-electron chi connectivity index (χ2n) is 2.01. The highest BCUT2D eigenvalue weighted by Crippen LogP contribution is 2.11. The maximum absolute atomic E-state index is 5.81. The van der Waals surface area contributed by atoms with E-state index in [1.54, 1.807) is 12.3 Å². The maximum Gasteiger partial charge on any atom is 0.142 e. The van der Waals surface area contributed by atoms with Gasteiger partial charge in [0.25, 0.3) is 0 Å². The van der Waals surface area contributed by atoms with E-state index < -0.39 is 0 Å². The van der Waals surface area contributed by atoms with Crippen molar-refractivity contribution >= 4 is 25.0 Å². The summed E-state index contributed by atoms with van der Waals surface area (Å²) in [5.41, 5.74) is 1.47. The summed E-state index contributed by atoms with van der Waals surface area (Å²) in [7, 11) is 5.54. The molecule has 0 unspecified atom stereocenters. The first-order valence-corrected chi connectivity index (χ1v) is 3.52. The lowest BCUT2D eigenvalue weighted by Crippen LogP contribution is -2.13. The Bertz CT molecular complexity index is 217. The average molecular weight is 151 g/mol. The fourth-order valence-corrected chi connectivity index (χ4v) is 1.12. The van der Waals surface area contributed by atoms with Crippen LogP contribution in [-0.4, -0.2) is 12.8 Å². The van der Waals surface area contributed by atoms with Gasteiger partial charge in [0.1, 0.15) is 7.85 Å². The minimum absolute atomic E-state index is 0.537. The molecule has 0 aromatic carbocycles. The molecule has 0 fully saturated rings. The van der Waals surface area contributed by atoms with Gasteiger partial charge in [0, 0.05) is 11.2 Å². The van der Waals surface area contributed by atoms with Crippen LogP contribution in [0.2, 0.25) is 5.02 Å². The van der Waals surface area contributed by atoms with Gasteiger partial charge in [0.2, 0.25) is 0 Å². The van der Waals surface area contributed by atoms with Crippen LogP contribution in [0, 0.1) is 0 Å². The molecule has 1 aromatic rings. The highest BCUT2D eigenvalue weighted by atomic mass is 35.5. The van der Waals surface area contributed by atoms with Crippen LogP contribution in [0.4, 0.5) is 0 Å². The quantitative estimate of drug-likeness (QED) is 0.548. The zero-order chi connectivity index (χ0) is 7.56. The van der Waals surface area contributed by atoms with E-state index in [2.05, 4.69) is 4.98 Å². The van der Waals surface area contributed by atoms with Gasteiger partial charge in [-0.25, -0.2) is 0 Å². The summed E-state index contributed by atoms with van der Waals surface area (Å²) in [5, 5.41) is 0.704. The highest BCUT2D eigenvalue weighted by molar-refractivity contribution is 6.36. The predicted octanol–water partition coefficient (Wildman–Crippen LogP) is 1.09. The predicted molar refractivity (Wildman–Crippen MR) is 44.0 cm³/mol. The molecule has 0 spiro atoms. The topological polar surface area (TPSA) is 12.9 Å². The Morgan fingerprint density at radius 2 is 2.40 bits per heavy atom. The second-order valence-corrected chi connectivity index (χ2v) is 2.42. The lowest BCUT2D eigenvalue weighted by atomic mass is 9.96. The van der Waals surface area contributed by atoms with Crippen LogP contribution in [0.5, 0.6) is 0 Å². The standard InChI is InChI=1S/C7H7BClN/c1-2-5-6(9)3-4-10-7(5)8/h3-4H,2H2,1H3. The van der Waals surface area contributed by atoms with Crippen molar-refractivity contribution in [2.45, 2.75) is 13.3 Å². The Morgan fingerprint density at radius 1 is 1.70 bits per heavy atom. The van der Waals surface area contributed by atoms with Gasteiger partial charge < -0.3 is 0 Å². The third kappa shape index (κ3) is 1.32. The molecule has 2 radical (unpaired) electrons. The summed E-state index contributed by atoms with van der Waals surface area (Å²) in [6.07, 6.45) is 2.44. The molecule has 1 nitrogen and oxygen atoms in total. The van der Waals surface area contributed by atoms with Crippen LogP contribution < -0.4 is 5.59 Å². The molecular weight excluding hydrogens is 144 g/mol. The molecule has 0 aliphatic heterocycles. The lowest BCUT2D eigenvalue weighted by molar-refractivity contribution is 1.13. The highest BCUT2D eigenvalue weighted by Gasteiger charge is 1.99. The number of nitrogens with zero attached hydrogens (tertiary/aromatic N) is 1. The molecule has 0 amide bonds. The minimum Gasteiger partial charge on any atom is -0.272 e. The number of hydrogen-bond acceptors (Lipinski definition) is 1. The van der Waals surface area contributed by atoms with Gasteiger partial charge in [-0.2, -0.15) is 0 Å². The molecule has 0 aliphatic carbocycles. The van der Waals surface area contributed by atoms with Gasteiger partial charge in [-0.1, -0.05) is 18.5 Å². The summed E-state index contributed by atoms with van der Waals surface area (Å²) < 4.78 is 0. The molecule has 0 N–H and O–H groups in total. The monoisotopic (exact) mass is 151 g/mol. The van der Waals surface area contributed by atoms with Crippen molar-refractivity contribution in [2.24, 2.45) is 0 Å². The van der Waals surface area contributed by atoms with Crippen molar-refractivity contribution in [3.63, 3.8) is 0 Å². The molecule has 10 heavy (non-hydrogen) atoms. The van der Waals surface area contributed by atoms with E-state index >= 15 is 0 Å². The van der Waals surface area contributed by atoms with Gasteiger partial charge in [0.05, 0.1) is 0 Å². The van der Waals surface area contributed by atoms with E-state index in [0.29, 0.717) is 10.6 Å². The number of halogens is 1. The molecule has 1 rings (SSSR count). The number of pyridine rings is 1. The van der Waals surface area contributed by atoms with Gasteiger partial charge >= 0.3 is 0 Å². The van der Waals surface area contributed by atoms with E-state index in [-0.39, 0.29) is 0 Å². The van der Waals surface area contributed by atoms with Gasteiger partial charge in [0.15, 0.2) is 0 Å². The summed E-state index contributed by atoms with van der Waals surface area (Å²) >= 11 is 5.81. The zero-order valence-corrected chi connectivity index (χ0v) is 6.52. The van der Waals surface area contributed by atoms with E-state index in [4.69, 9.17) is 19.4 Å². The summed E-state index contributed by atoms with van der Waals surface area (Å²) in [6.45, 7) is 2.00. The van der Waals surface area contributed by atoms with E-state index in [0.717, 1.165) is 12.0 Å². The Morgan fingerprint density at radius 3 is 2.80 bits per heavy atom. The summed E-state index contributed by atoms with van der Waals surface area (Å²) in [4.78, 5) is 3.90. The molecule has 1 heterocycles. The van der Waals surface area contributed by atoms with E-state index in [1.165, 1.54) is 0 Å². The minimum atomic E-state index is 0.537. The second kappa shape index (κ2) is 3.06. The summed E-state index contributed by atoms with van der Waals surface area (Å²) in [5.74, 6) is 0. The summed E-state index contributed by atoms with van der Waals surface area (Å²) in [6, 6.07) is 1.75. The molecule has 3 heteroatoms. The van der Waals surface area contributed by atoms with Crippen molar-refractivity contribution in [1.29, 1.82) is 0 Å². The van der Waals surface area contributed by atoms with Crippen LogP contribution in [0.15, 0.2) is 12.3 Å². The molecule has 0 atom stereocenters.